The van der Waals surface area contributed by atoms with Crippen LogP contribution in [0.3, 0.4) is 0 Å². The van der Waals surface area contributed by atoms with Gasteiger partial charge >= 0.3 is 0 Å². The van der Waals surface area contributed by atoms with Gasteiger partial charge in [0.1, 0.15) is 5.82 Å². The average Bonchev–Trinajstić information content (AvgIpc) is 2.58. The van der Waals surface area contributed by atoms with Crippen molar-refractivity contribution in [2.45, 2.75) is 18.9 Å². The lowest BCUT2D eigenvalue weighted by molar-refractivity contribution is 0.604. The maximum absolute atomic E-state index is 5.67. The molecule has 1 aromatic rings. The first-order chi connectivity index (χ1) is 5.86. The van der Waals surface area contributed by atoms with Crippen LogP contribution >= 0.6 is 11.6 Å². The molecule has 64 valence electrons. The van der Waals surface area contributed by atoms with Crippen molar-refractivity contribution in [3.8, 4) is 0 Å². The van der Waals surface area contributed by atoms with E-state index in [0.29, 0.717) is 11.1 Å². The summed E-state index contributed by atoms with van der Waals surface area (Å²) in [4.78, 5) is 8.31. The number of aromatic nitrogens is 2. The summed E-state index contributed by atoms with van der Waals surface area (Å²) in [5, 5.41) is 3.92. The zero-order valence-corrected chi connectivity index (χ0v) is 7.38. The van der Waals surface area contributed by atoms with E-state index in [1.54, 1.807) is 12.4 Å². The summed E-state index contributed by atoms with van der Waals surface area (Å²) in [6.07, 6.45) is 5.62. The molecule has 2 rings (SSSR count). The highest BCUT2D eigenvalue weighted by atomic mass is 35.5. The van der Waals surface area contributed by atoms with Crippen LogP contribution in [0.15, 0.2) is 12.4 Å². The van der Waals surface area contributed by atoms with Gasteiger partial charge in [-0.25, -0.2) is 9.97 Å². The van der Waals surface area contributed by atoms with Crippen LogP contribution in [0.5, 0.6) is 0 Å². The predicted molar refractivity (Wildman–Crippen MR) is 47.0 cm³/mol. The molecular formula is C8H10ClN3. The lowest BCUT2D eigenvalue weighted by atomic mass is 10.2. The van der Waals surface area contributed by atoms with Crippen LogP contribution in [-0.4, -0.2) is 16.5 Å². The Morgan fingerprint density at radius 2 is 2.17 bits per heavy atom. The molecule has 1 saturated heterocycles. The Morgan fingerprint density at radius 3 is 2.75 bits per heavy atom. The highest BCUT2D eigenvalue weighted by Crippen LogP contribution is 2.19. The SMILES string of the molecule is Clc1cnc([C@@H]2CCCN2)nc1. The molecule has 0 saturated carbocycles. The van der Waals surface area contributed by atoms with Crippen molar-refractivity contribution in [3.05, 3.63) is 23.2 Å². The molecule has 1 atom stereocenters. The van der Waals surface area contributed by atoms with Gasteiger partial charge in [0.15, 0.2) is 0 Å². The molecule has 0 amide bonds. The van der Waals surface area contributed by atoms with E-state index in [2.05, 4.69) is 15.3 Å². The van der Waals surface area contributed by atoms with Crippen LogP contribution in [0.2, 0.25) is 5.02 Å². The summed E-state index contributed by atoms with van der Waals surface area (Å²) in [6, 6.07) is 0.335. The van der Waals surface area contributed by atoms with E-state index in [9.17, 15) is 0 Å². The highest BCUT2D eigenvalue weighted by molar-refractivity contribution is 6.30. The Bertz CT molecular complexity index is 254. The van der Waals surface area contributed by atoms with Crippen LogP contribution < -0.4 is 5.32 Å². The third kappa shape index (κ3) is 1.57. The predicted octanol–water partition coefficient (Wildman–Crippen LogP) is 1.55. The van der Waals surface area contributed by atoms with Crippen molar-refractivity contribution in [3.63, 3.8) is 0 Å². The molecule has 2 heterocycles. The van der Waals surface area contributed by atoms with Crippen LogP contribution in [0.1, 0.15) is 24.7 Å². The summed E-state index contributed by atoms with van der Waals surface area (Å²) in [6.45, 7) is 1.07. The van der Waals surface area contributed by atoms with E-state index in [-0.39, 0.29) is 0 Å². The molecule has 0 aromatic carbocycles. The average molecular weight is 184 g/mol. The lowest BCUT2D eigenvalue weighted by Gasteiger charge is -2.06. The summed E-state index contributed by atoms with van der Waals surface area (Å²) < 4.78 is 0. The van der Waals surface area contributed by atoms with E-state index in [4.69, 9.17) is 11.6 Å². The minimum absolute atomic E-state index is 0.335. The first kappa shape index (κ1) is 7.95. The van der Waals surface area contributed by atoms with Gasteiger partial charge in [0.25, 0.3) is 0 Å². The molecule has 0 unspecified atom stereocenters. The highest BCUT2D eigenvalue weighted by Gasteiger charge is 2.17. The molecule has 1 aliphatic heterocycles. The Morgan fingerprint density at radius 1 is 1.42 bits per heavy atom. The van der Waals surface area contributed by atoms with Crippen molar-refractivity contribution in [1.82, 2.24) is 15.3 Å². The van der Waals surface area contributed by atoms with Gasteiger partial charge in [-0.2, -0.15) is 0 Å². The van der Waals surface area contributed by atoms with Gasteiger partial charge in [-0.1, -0.05) is 11.6 Å². The van der Waals surface area contributed by atoms with Gasteiger partial charge < -0.3 is 5.32 Å². The smallest absolute Gasteiger partial charge is 0.145 e. The second kappa shape index (κ2) is 3.37. The van der Waals surface area contributed by atoms with E-state index < -0.39 is 0 Å². The van der Waals surface area contributed by atoms with E-state index in [1.807, 2.05) is 0 Å². The Labute approximate surface area is 76.2 Å². The van der Waals surface area contributed by atoms with Crippen LogP contribution in [0.4, 0.5) is 0 Å². The Hall–Kier alpha value is -0.670. The molecule has 0 bridgehead atoms. The molecule has 3 nitrogen and oxygen atoms in total. The molecule has 1 N–H and O–H groups in total. The molecule has 1 aromatic heterocycles. The number of hydrogen-bond donors (Lipinski definition) is 1. The second-order valence-electron chi connectivity index (χ2n) is 2.91. The van der Waals surface area contributed by atoms with E-state index in [0.717, 1.165) is 18.8 Å². The zero-order chi connectivity index (χ0) is 8.39. The third-order valence-electron chi connectivity index (χ3n) is 2.01. The van der Waals surface area contributed by atoms with E-state index in [1.165, 1.54) is 6.42 Å². The molecule has 1 aliphatic rings. The number of nitrogens with one attached hydrogen (secondary N) is 1. The van der Waals surface area contributed by atoms with Gasteiger partial charge in [0.05, 0.1) is 11.1 Å². The van der Waals surface area contributed by atoms with Crippen molar-refractivity contribution in [2.75, 3.05) is 6.54 Å². The topological polar surface area (TPSA) is 37.8 Å². The monoisotopic (exact) mass is 183 g/mol. The first-order valence-corrected chi connectivity index (χ1v) is 4.45. The van der Waals surface area contributed by atoms with Gasteiger partial charge in [-0.05, 0) is 19.4 Å². The molecule has 4 heteroatoms. The zero-order valence-electron chi connectivity index (χ0n) is 6.63. The molecule has 0 spiro atoms. The minimum Gasteiger partial charge on any atom is -0.307 e. The molecule has 1 fully saturated rings. The second-order valence-corrected chi connectivity index (χ2v) is 3.34. The van der Waals surface area contributed by atoms with Crippen LogP contribution in [0, 0.1) is 0 Å². The Balaban J connectivity index is 2.17. The summed E-state index contributed by atoms with van der Waals surface area (Å²) in [7, 11) is 0. The Kier molecular flexibility index (Phi) is 2.23. The number of nitrogens with zero attached hydrogens (tertiary/aromatic N) is 2. The standard InChI is InChI=1S/C8H10ClN3/c9-6-4-11-8(12-5-6)7-2-1-3-10-7/h4-5,7,10H,1-3H2/t7-/m0/s1. The number of hydrogen-bond acceptors (Lipinski definition) is 3. The fourth-order valence-electron chi connectivity index (χ4n) is 1.41. The fraction of sp³-hybridized carbons (Fsp3) is 0.500. The van der Waals surface area contributed by atoms with Crippen LogP contribution in [0.25, 0.3) is 0 Å². The first-order valence-electron chi connectivity index (χ1n) is 4.07. The van der Waals surface area contributed by atoms with Gasteiger partial charge in [0, 0.05) is 12.4 Å². The summed E-state index contributed by atoms with van der Waals surface area (Å²) >= 11 is 5.67. The maximum Gasteiger partial charge on any atom is 0.145 e. The van der Waals surface area contributed by atoms with Gasteiger partial charge in [0.2, 0.25) is 0 Å². The summed E-state index contributed by atoms with van der Waals surface area (Å²) in [5.41, 5.74) is 0. The van der Waals surface area contributed by atoms with Crippen molar-refractivity contribution in [2.24, 2.45) is 0 Å². The fourth-order valence-corrected chi connectivity index (χ4v) is 1.50. The summed E-state index contributed by atoms with van der Waals surface area (Å²) in [5.74, 6) is 0.858. The van der Waals surface area contributed by atoms with Crippen molar-refractivity contribution < 1.29 is 0 Å². The third-order valence-corrected chi connectivity index (χ3v) is 2.21. The largest absolute Gasteiger partial charge is 0.307 e. The maximum atomic E-state index is 5.67. The number of halogens is 1. The number of rotatable bonds is 1. The van der Waals surface area contributed by atoms with Crippen LogP contribution in [-0.2, 0) is 0 Å². The quantitative estimate of drug-likeness (QED) is 0.718. The lowest BCUT2D eigenvalue weighted by Crippen LogP contribution is -2.15. The minimum atomic E-state index is 0.335. The van der Waals surface area contributed by atoms with Crippen molar-refractivity contribution in [1.29, 1.82) is 0 Å². The van der Waals surface area contributed by atoms with Crippen molar-refractivity contribution >= 4 is 11.6 Å². The molecule has 0 radical (unpaired) electrons. The molecule has 0 aliphatic carbocycles. The normalized spacial score (nSPS) is 22.9. The van der Waals surface area contributed by atoms with E-state index >= 15 is 0 Å². The molecular weight excluding hydrogens is 174 g/mol. The molecule has 12 heavy (non-hydrogen) atoms. The van der Waals surface area contributed by atoms with Gasteiger partial charge in [-0.3, -0.25) is 0 Å². The van der Waals surface area contributed by atoms with Gasteiger partial charge in [-0.15, -0.1) is 0 Å².